The van der Waals surface area contributed by atoms with Gasteiger partial charge in [-0.25, -0.2) is 9.59 Å². The summed E-state index contributed by atoms with van der Waals surface area (Å²) in [6.45, 7) is 28.0. The lowest BCUT2D eigenvalue weighted by Gasteiger charge is -2.61. The largest absolute Gasteiger partial charge is 0.445 e. The second kappa shape index (κ2) is 22.9. The van der Waals surface area contributed by atoms with E-state index in [2.05, 4.69) is 75.8 Å². The predicted octanol–water partition coefficient (Wildman–Crippen LogP) is 9.58. The summed E-state index contributed by atoms with van der Waals surface area (Å²) in [5, 5.41) is 28.6. The Morgan fingerprint density at radius 1 is 0.587 bits per heavy atom. The zero-order valence-electron chi connectivity index (χ0n) is 48.2. The molecule has 8 rings (SSSR count). The number of nitrogens with one attached hydrogen (secondary N) is 2. The van der Waals surface area contributed by atoms with Gasteiger partial charge in [0.2, 0.25) is 11.8 Å². The Morgan fingerprint density at radius 2 is 0.933 bits per heavy atom. The number of rotatable bonds is 6. The molecule has 8 fully saturated rings. The molecule has 0 spiro atoms. The fourth-order valence-corrected chi connectivity index (χ4v) is 17.5. The van der Waals surface area contributed by atoms with Gasteiger partial charge in [0, 0.05) is 59.4 Å². The molecule has 2 saturated heterocycles. The van der Waals surface area contributed by atoms with E-state index in [4.69, 9.17) is 9.47 Å². The number of alkyl carbamates (subject to hydrolysis) is 2. The summed E-state index contributed by atoms with van der Waals surface area (Å²) in [6, 6.07) is 0. The third-order valence-corrected chi connectivity index (χ3v) is 22.7. The molecule has 14 nitrogen and oxygen atoms in total. The molecule has 4 amide bonds. The van der Waals surface area contributed by atoms with Gasteiger partial charge in [-0.2, -0.15) is 0 Å². The highest BCUT2D eigenvalue weighted by molar-refractivity contribution is 5.94. The number of carbonyl (C=O) groups excluding carboxylic acids is 6. The number of ether oxygens (including phenoxy) is 2. The minimum atomic E-state index is -0.739. The number of imide groups is 2. The molecule has 0 aromatic heterocycles. The number of Topliss-reactive ketones (excluding diaryl/α,β-unsaturated/α-hetero) is 2. The average Bonchev–Trinajstić information content (AvgIpc) is 3.89. The maximum Gasteiger partial charge on any atom is 0.414 e. The highest BCUT2D eigenvalue weighted by Crippen LogP contribution is 2.70. The van der Waals surface area contributed by atoms with Gasteiger partial charge in [-0.1, -0.05) is 93.5 Å². The monoisotopic (exact) mass is 1070 g/mol. The molecular formula is C60H97ClN4O10. The minimum Gasteiger partial charge on any atom is -0.445 e. The highest BCUT2D eigenvalue weighted by Gasteiger charge is 2.70. The SMILES string of the molecule is CC=C[C@]1(C)C[C@@H](OC(=O)NC(=O)[C@H]2CN(C)CC[C@@H]2C)[C@@]2(C)C3C(=O)CCC3(CC[C@H]2C)[C@@H](C)[C@@H]1O.CC=C[C@]1(C)C[C@@H](OC(=O)NC(=O)[C@H]2CN(C)CC[C@@H]2C)[C@@]2(C)C3C(=O)CCC3(CC[C@H]2C)[C@@H](C)[C@@H]1O.Cl. The first-order valence-electron chi connectivity index (χ1n) is 28.7. The van der Waals surface area contributed by atoms with Gasteiger partial charge in [0.05, 0.1) is 24.0 Å². The molecule has 8 aliphatic rings. The molecule has 424 valence electrons. The van der Waals surface area contributed by atoms with Gasteiger partial charge >= 0.3 is 12.2 Å². The van der Waals surface area contributed by atoms with Gasteiger partial charge in [-0.3, -0.25) is 29.8 Å². The number of aliphatic hydroxyl groups excluding tert-OH is 2. The fraction of sp³-hybridized carbons (Fsp3) is 0.833. The van der Waals surface area contributed by atoms with E-state index in [1.165, 1.54) is 0 Å². The number of ketones is 2. The lowest BCUT2D eigenvalue weighted by atomic mass is 9.44. The van der Waals surface area contributed by atoms with Gasteiger partial charge in [-0.05, 0) is 152 Å². The minimum absolute atomic E-state index is 0. The lowest BCUT2D eigenvalue weighted by Crippen LogP contribution is -2.63. The van der Waals surface area contributed by atoms with Gasteiger partial charge in [0.25, 0.3) is 0 Å². The number of hydrogen-bond acceptors (Lipinski definition) is 12. The average molecular weight is 1070 g/mol. The summed E-state index contributed by atoms with van der Waals surface area (Å²) >= 11 is 0. The standard InChI is InChI=1S/2C30H48N2O5.ClH/c2*1-8-12-28(5)16-23(37-27(36)31-26(35)21-17-32(7)15-11-18(21)2)29(6)19(3)9-13-30(20(4)25(28)34)14-10-22(33)24(29)30;/h2*8,12,18-21,23-25,34H,9-11,13-17H2,1-7H3,(H,31,35,36);1H/t2*18-,19+,20-,21-,23+,24?,25-,28+,29-,30?;/m00./s1. The van der Waals surface area contributed by atoms with E-state index >= 15 is 0 Å². The van der Waals surface area contributed by atoms with Crippen LogP contribution in [0.2, 0.25) is 0 Å². The summed E-state index contributed by atoms with van der Waals surface area (Å²) < 4.78 is 12.4. The topological polar surface area (TPSA) is 192 Å². The number of piperidine rings is 2. The Balaban J connectivity index is 0.000000241. The van der Waals surface area contributed by atoms with Crippen LogP contribution in [0, 0.1) is 91.7 Å². The number of amides is 4. The van der Waals surface area contributed by atoms with E-state index in [1.54, 1.807) is 0 Å². The molecule has 0 radical (unpaired) electrons. The first-order chi connectivity index (χ1) is 34.6. The number of carbonyl (C=O) groups is 6. The van der Waals surface area contributed by atoms with Crippen LogP contribution in [0.25, 0.3) is 0 Å². The van der Waals surface area contributed by atoms with Crippen molar-refractivity contribution in [2.75, 3.05) is 40.3 Å². The van der Waals surface area contributed by atoms with E-state index in [0.29, 0.717) is 38.8 Å². The van der Waals surface area contributed by atoms with Gasteiger partial charge in [0.15, 0.2) is 0 Å². The van der Waals surface area contributed by atoms with Crippen LogP contribution in [-0.4, -0.2) is 120 Å². The molecule has 15 heteroatoms. The van der Waals surface area contributed by atoms with Crippen LogP contribution in [0.3, 0.4) is 0 Å². The van der Waals surface area contributed by atoms with Crippen molar-refractivity contribution in [3.63, 3.8) is 0 Å². The number of halogens is 1. The van der Waals surface area contributed by atoms with E-state index in [-0.39, 0.29) is 106 Å². The number of nitrogens with zero attached hydrogens (tertiary/aromatic N) is 2. The number of hydrogen-bond donors (Lipinski definition) is 4. The fourth-order valence-electron chi connectivity index (χ4n) is 17.5. The zero-order valence-corrected chi connectivity index (χ0v) is 49.0. The summed E-state index contributed by atoms with van der Waals surface area (Å²) in [7, 11) is 3.98. The molecule has 6 aliphatic carbocycles. The number of aliphatic hydroxyl groups is 2. The third kappa shape index (κ3) is 10.7. The number of likely N-dealkylation sites (tertiary alicyclic amines) is 2. The van der Waals surface area contributed by atoms with Crippen molar-refractivity contribution >= 4 is 48.0 Å². The van der Waals surface area contributed by atoms with E-state index in [9.17, 15) is 39.0 Å². The van der Waals surface area contributed by atoms with Crippen LogP contribution in [0.1, 0.15) is 160 Å². The van der Waals surface area contributed by atoms with Crippen LogP contribution in [-0.2, 0) is 28.7 Å². The second-order valence-electron chi connectivity index (χ2n) is 26.8. The summed E-state index contributed by atoms with van der Waals surface area (Å²) in [5.41, 5.74) is -3.05. The molecule has 4 N–H and O–H groups in total. The van der Waals surface area contributed by atoms with Gasteiger partial charge in [0.1, 0.15) is 23.8 Å². The van der Waals surface area contributed by atoms with Crippen molar-refractivity contribution in [2.45, 2.75) is 185 Å². The Kier molecular flexibility index (Phi) is 18.6. The maximum absolute atomic E-state index is 13.5. The molecule has 75 heavy (non-hydrogen) atoms. The van der Waals surface area contributed by atoms with Crippen molar-refractivity contribution in [3.05, 3.63) is 24.3 Å². The molecule has 0 aromatic carbocycles. The van der Waals surface area contributed by atoms with Crippen molar-refractivity contribution in [1.29, 1.82) is 0 Å². The first-order valence-corrected chi connectivity index (χ1v) is 28.7. The Labute approximate surface area is 455 Å². The van der Waals surface area contributed by atoms with Gasteiger partial charge in [-0.15, -0.1) is 12.4 Å². The Bertz CT molecular complexity index is 2060. The van der Waals surface area contributed by atoms with Crippen molar-refractivity contribution in [1.82, 2.24) is 20.4 Å². The second-order valence-corrected chi connectivity index (χ2v) is 26.8. The summed E-state index contributed by atoms with van der Waals surface area (Å²) in [4.78, 5) is 84.2. The van der Waals surface area contributed by atoms with E-state index in [1.807, 2.05) is 66.1 Å². The maximum atomic E-state index is 13.5. The third-order valence-electron chi connectivity index (χ3n) is 22.7. The van der Waals surface area contributed by atoms with Crippen LogP contribution in [0.15, 0.2) is 24.3 Å². The van der Waals surface area contributed by atoms with Gasteiger partial charge < -0.3 is 29.5 Å². The van der Waals surface area contributed by atoms with Crippen LogP contribution in [0.4, 0.5) is 9.59 Å². The molecule has 4 bridgehead atoms. The molecule has 0 aromatic rings. The number of allylic oxidation sites excluding steroid dienone is 2. The molecular weight excluding hydrogens is 972 g/mol. The quantitative estimate of drug-likeness (QED) is 0.185. The van der Waals surface area contributed by atoms with E-state index in [0.717, 1.165) is 64.5 Å². The molecule has 4 unspecified atom stereocenters. The normalized spacial score (nSPS) is 46.1. The van der Waals surface area contributed by atoms with Crippen molar-refractivity contribution in [2.24, 2.45) is 91.7 Å². The van der Waals surface area contributed by atoms with Crippen LogP contribution < -0.4 is 10.6 Å². The first kappa shape index (κ1) is 61.0. The predicted molar refractivity (Wildman–Crippen MR) is 292 cm³/mol. The summed E-state index contributed by atoms with van der Waals surface area (Å²) in [6.07, 6.45) is 12.7. The Morgan fingerprint density at radius 3 is 1.27 bits per heavy atom. The van der Waals surface area contributed by atoms with Crippen molar-refractivity contribution < 1.29 is 48.5 Å². The van der Waals surface area contributed by atoms with Crippen LogP contribution >= 0.6 is 12.4 Å². The Hall–Kier alpha value is -3.17. The molecule has 6 saturated carbocycles. The molecule has 2 aliphatic heterocycles. The lowest BCUT2D eigenvalue weighted by molar-refractivity contribution is -0.191. The van der Waals surface area contributed by atoms with E-state index < -0.39 is 58.3 Å². The summed E-state index contributed by atoms with van der Waals surface area (Å²) in [5.74, 6) is -0.652. The molecule has 20 atom stereocenters. The molecule has 2 heterocycles. The smallest absolute Gasteiger partial charge is 0.414 e. The van der Waals surface area contributed by atoms with Crippen LogP contribution in [0.5, 0.6) is 0 Å². The highest BCUT2D eigenvalue weighted by atomic mass is 35.5. The van der Waals surface area contributed by atoms with Crippen molar-refractivity contribution in [3.8, 4) is 0 Å². The zero-order chi connectivity index (χ0) is 54.7.